The summed E-state index contributed by atoms with van der Waals surface area (Å²) in [6.45, 7) is 0. The van der Waals surface area contributed by atoms with Crippen LogP contribution in [0.4, 0.5) is 5.69 Å². The standard InChI is InChI=1S/C19H21NO2S3/c1-25(22)13-14-5-2-6-15(11-14)18(21)20-17-8-3-7-16(12-17)19-23-9-4-10-24-19/h2-3,5-8,11-12,19H,4,9-10,13H2,1H3,(H,20,21)/t25-/m1/s1. The Morgan fingerprint density at radius 1 is 1.16 bits per heavy atom. The molecule has 0 unspecified atom stereocenters. The zero-order valence-electron chi connectivity index (χ0n) is 14.1. The van der Waals surface area contributed by atoms with Gasteiger partial charge in [-0.3, -0.25) is 9.00 Å². The number of anilines is 1. The van der Waals surface area contributed by atoms with Crippen LogP contribution in [0.5, 0.6) is 0 Å². The molecule has 1 heterocycles. The molecule has 1 amide bonds. The van der Waals surface area contributed by atoms with E-state index < -0.39 is 10.8 Å². The normalized spacial score (nSPS) is 16.4. The van der Waals surface area contributed by atoms with Crippen molar-refractivity contribution in [3.05, 3.63) is 65.2 Å². The molecule has 1 fully saturated rings. The van der Waals surface area contributed by atoms with Crippen molar-refractivity contribution in [2.75, 3.05) is 23.1 Å². The Bertz CT molecular complexity index is 773. The van der Waals surface area contributed by atoms with Gasteiger partial charge in [-0.15, -0.1) is 23.5 Å². The van der Waals surface area contributed by atoms with E-state index >= 15 is 0 Å². The van der Waals surface area contributed by atoms with Crippen LogP contribution < -0.4 is 5.32 Å². The van der Waals surface area contributed by atoms with Crippen molar-refractivity contribution in [2.45, 2.75) is 16.8 Å². The lowest BCUT2D eigenvalue weighted by atomic mass is 10.1. The number of amides is 1. The van der Waals surface area contributed by atoms with Crippen molar-refractivity contribution in [1.29, 1.82) is 0 Å². The van der Waals surface area contributed by atoms with E-state index in [4.69, 9.17) is 0 Å². The van der Waals surface area contributed by atoms with Crippen LogP contribution in [0.15, 0.2) is 48.5 Å². The van der Waals surface area contributed by atoms with Crippen LogP contribution in [0.25, 0.3) is 0 Å². The number of hydrogen-bond acceptors (Lipinski definition) is 4. The smallest absolute Gasteiger partial charge is 0.255 e. The lowest BCUT2D eigenvalue weighted by molar-refractivity contribution is 0.102. The monoisotopic (exact) mass is 391 g/mol. The van der Waals surface area contributed by atoms with Gasteiger partial charge in [0.15, 0.2) is 0 Å². The summed E-state index contributed by atoms with van der Waals surface area (Å²) in [6, 6.07) is 15.4. The summed E-state index contributed by atoms with van der Waals surface area (Å²) < 4.78 is 11.8. The van der Waals surface area contributed by atoms with Gasteiger partial charge in [0.05, 0.1) is 4.58 Å². The van der Waals surface area contributed by atoms with Crippen LogP contribution >= 0.6 is 23.5 Å². The summed E-state index contributed by atoms with van der Waals surface area (Å²) in [5.41, 5.74) is 3.58. The number of carbonyl (C=O) groups is 1. The minimum absolute atomic E-state index is 0.134. The first-order valence-electron chi connectivity index (χ1n) is 8.15. The van der Waals surface area contributed by atoms with Gasteiger partial charge in [0.1, 0.15) is 0 Å². The fourth-order valence-electron chi connectivity index (χ4n) is 2.68. The van der Waals surface area contributed by atoms with Gasteiger partial charge in [-0.2, -0.15) is 0 Å². The molecule has 2 aromatic rings. The molecule has 0 aliphatic carbocycles. The third-order valence-corrected chi connectivity index (χ3v) is 7.56. The number of benzene rings is 2. The lowest BCUT2D eigenvalue weighted by Gasteiger charge is -2.21. The van der Waals surface area contributed by atoms with E-state index in [-0.39, 0.29) is 5.91 Å². The zero-order valence-corrected chi connectivity index (χ0v) is 16.5. The van der Waals surface area contributed by atoms with E-state index in [1.807, 2.05) is 53.9 Å². The Labute approximate surface area is 159 Å². The van der Waals surface area contributed by atoms with Crippen molar-refractivity contribution in [3.8, 4) is 0 Å². The van der Waals surface area contributed by atoms with Gasteiger partial charge in [0.2, 0.25) is 0 Å². The maximum atomic E-state index is 12.5. The van der Waals surface area contributed by atoms with E-state index in [2.05, 4.69) is 17.4 Å². The molecule has 3 nitrogen and oxygen atoms in total. The quantitative estimate of drug-likeness (QED) is 0.803. The number of hydrogen-bond donors (Lipinski definition) is 1. The predicted octanol–water partition coefficient (Wildman–Crippen LogP) is 4.69. The van der Waals surface area contributed by atoms with E-state index in [0.29, 0.717) is 15.9 Å². The summed E-state index contributed by atoms with van der Waals surface area (Å²) in [7, 11) is -0.918. The van der Waals surface area contributed by atoms with Gasteiger partial charge < -0.3 is 5.32 Å². The maximum Gasteiger partial charge on any atom is 0.255 e. The molecule has 1 saturated heterocycles. The molecule has 0 spiro atoms. The van der Waals surface area contributed by atoms with Gasteiger partial charge in [-0.1, -0.05) is 24.3 Å². The molecule has 1 aliphatic heterocycles. The highest BCUT2D eigenvalue weighted by Gasteiger charge is 2.17. The van der Waals surface area contributed by atoms with Crippen molar-refractivity contribution in [3.63, 3.8) is 0 Å². The molecular weight excluding hydrogens is 370 g/mol. The highest BCUT2D eigenvalue weighted by molar-refractivity contribution is 8.16. The maximum absolute atomic E-state index is 12.5. The summed E-state index contributed by atoms with van der Waals surface area (Å²) in [5.74, 6) is 2.72. The van der Waals surface area contributed by atoms with Crippen molar-refractivity contribution in [1.82, 2.24) is 0 Å². The average Bonchev–Trinajstić information content (AvgIpc) is 2.62. The minimum atomic E-state index is -0.918. The largest absolute Gasteiger partial charge is 0.322 e. The topological polar surface area (TPSA) is 46.2 Å². The number of nitrogens with one attached hydrogen (secondary N) is 1. The number of thioether (sulfide) groups is 2. The Morgan fingerprint density at radius 2 is 1.92 bits per heavy atom. The van der Waals surface area contributed by atoms with Crippen molar-refractivity contribution < 1.29 is 9.00 Å². The van der Waals surface area contributed by atoms with Crippen LogP contribution in [0.2, 0.25) is 0 Å². The third-order valence-electron chi connectivity index (χ3n) is 3.80. The number of carbonyl (C=O) groups excluding carboxylic acids is 1. The van der Waals surface area contributed by atoms with E-state index in [0.717, 1.165) is 11.3 Å². The third kappa shape index (κ3) is 5.36. The van der Waals surface area contributed by atoms with Gasteiger partial charge in [0, 0.05) is 34.1 Å². The van der Waals surface area contributed by atoms with Gasteiger partial charge >= 0.3 is 0 Å². The summed E-state index contributed by atoms with van der Waals surface area (Å²) >= 11 is 3.94. The molecule has 0 bridgehead atoms. The second kappa shape index (κ2) is 8.92. The van der Waals surface area contributed by atoms with Crippen LogP contribution in [0.1, 0.15) is 32.5 Å². The second-order valence-corrected chi connectivity index (χ2v) is 10.1. The molecule has 3 rings (SSSR count). The Hall–Kier alpha value is -1.24. The van der Waals surface area contributed by atoms with Crippen LogP contribution in [0.3, 0.4) is 0 Å². The molecule has 6 heteroatoms. The summed E-state index contributed by atoms with van der Waals surface area (Å²) in [5, 5.41) is 2.98. The van der Waals surface area contributed by atoms with Crippen LogP contribution in [0, 0.1) is 0 Å². The highest BCUT2D eigenvalue weighted by Crippen LogP contribution is 2.44. The molecule has 132 valence electrons. The molecule has 25 heavy (non-hydrogen) atoms. The fourth-order valence-corrected chi connectivity index (χ4v) is 6.21. The molecule has 0 saturated carbocycles. The van der Waals surface area contributed by atoms with E-state index in [1.54, 1.807) is 12.3 Å². The number of rotatable bonds is 5. The first-order chi connectivity index (χ1) is 12.1. The molecule has 1 atom stereocenters. The Kier molecular flexibility index (Phi) is 6.62. The van der Waals surface area contributed by atoms with Gasteiger partial charge in [-0.25, -0.2) is 0 Å². The predicted molar refractivity (Wildman–Crippen MR) is 111 cm³/mol. The van der Waals surface area contributed by atoms with Gasteiger partial charge in [-0.05, 0) is 53.3 Å². The second-order valence-electron chi connectivity index (χ2n) is 5.92. The Balaban J connectivity index is 1.71. The zero-order chi connectivity index (χ0) is 17.6. The molecule has 2 aromatic carbocycles. The SMILES string of the molecule is C[S@@](=O)Cc1cccc(C(=O)Nc2cccc(C3SCCCS3)c2)c1. The minimum Gasteiger partial charge on any atom is -0.322 e. The fraction of sp³-hybridized carbons (Fsp3) is 0.316. The molecule has 1 aliphatic rings. The van der Waals surface area contributed by atoms with Crippen molar-refractivity contribution in [2.24, 2.45) is 0 Å². The van der Waals surface area contributed by atoms with E-state index in [9.17, 15) is 9.00 Å². The van der Waals surface area contributed by atoms with Crippen molar-refractivity contribution >= 4 is 45.9 Å². The van der Waals surface area contributed by atoms with E-state index in [1.165, 1.54) is 23.5 Å². The lowest BCUT2D eigenvalue weighted by Crippen LogP contribution is -2.12. The highest BCUT2D eigenvalue weighted by atomic mass is 32.2. The molecule has 0 radical (unpaired) electrons. The molecule has 0 aromatic heterocycles. The van der Waals surface area contributed by atoms with Crippen LogP contribution in [-0.2, 0) is 16.6 Å². The first kappa shape index (κ1) is 18.5. The average molecular weight is 392 g/mol. The van der Waals surface area contributed by atoms with Gasteiger partial charge in [0.25, 0.3) is 5.91 Å². The molecular formula is C19H21NO2S3. The summed E-state index contributed by atoms with van der Waals surface area (Å²) in [4.78, 5) is 12.5. The Morgan fingerprint density at radius 3 is 2.68 bits per heavy atom. The molecule has 1 N–H and O–H groups in total. The van der Waals surface area contributed by atoms with Crippen LogP contribution in [-0.4, -0.2) is 27.9 Å². The summed E-state index contributed by atoms with van der Waals surface area (Å²) in [6.07, 6.45) is 2.93. The first-order valence-corrected chi connectivity index (χ1v) is 12.0.